The Morgan fingerprint density at radius 2 is 2.05 bits per heavy atom. The van der Waals surface area contributed by atoms with Gasteiger partial charge in [0.2, 0.25) is 5.91 Å². The van der Waals surface area contributed by atoms with Gasteiger partial charge in [-0.15, -0.1) is 0 Å². The van der Waals surface area contributed by atoms with Gasteiger partial charge in [-0.1, -0.05) is 24.4 Å². The summed E-state index contributed by atoms with van der Waals surface area (Å²) in [4.78, 5) is 23.5. The number of hydrogen-bond donors (Lipinski definition) is 2. The summed E-state index contributed by atoms with van der Waals surface area (Å²) in [7, 11) is 0. The summed E-state index contributed by atoms with van der Waals surface area (Å²) < 4.78 is 0. The maximum absolute atomic E-state index is 12.1. The molecule has 1 aliphatic carbocycles. The molecule has 2 rings (SSSR count). The molecule has 21 heavy (non-hydrogen) atoms. The van der Waals surface area contributed by atoms with Crippen molar-refractivity contribution in [2.75, 3.05) is 5.32 Å². The van der Waals surface area contributed by atoms with Crippen LogP contribution in [0.1, 0.15) is 37.7 Å². The molecule has 0 atom stereocenters. The van der Waals surface area contributed by atoms with Gasteiger partial charge in [0.1, 0.15) is 6.07 Å². The predicted octanol–water partition coefficient (Wildman–Crippen LogP) is 3.19. The first-order valence-electron chi connectivity index (χ1n) is 6.70. The highest BCUT2D eigenvalue weighted by atomic mass is 35.5. The second-order valence-electron chi connectivity index (χ2n) is 5.32. The SMILES string of the molecule is N#Cc1ccc(NC(=O)CC2(C(=O)O)CCCC2)cc1Cl. The fourth-order valence-corrected chi connectivity index (χ4v) is 2.94. The summed E-state index contributed by atoms with van der Waals surface area (Å²) in [5.41, 5.74) is -0.157. The Morgan fingerprint density at radius 1 is 1.38 bits per heavy atom. The molecule has 1 amide bonds. The number of halogens is 1. The van der Waals surface area contributed by atoms with Crippen LogP contribution in [0.4, 0.5) is 5.69 Å². The number of hydrogen-bond acceptors (Lipinski definition) is 3. The molecule has 110 valence electrons. The zero-order chi connectivity index (χ0) is 15.5. The van der Waals surface area contributed by atoms with Gasteiger partial charge in [-0.05, 0) is 31.0 Å². The van der Waals surface area contributed by atoms with Crippen molar-refractivity contribution in [1.82, 2.24) is 0 Å². The fraction of sp³-hybridized carbons (Fsp3) is 0.400. The molecule has 0 saturated heterocycles. The molecule has 0 spiro atoms. The lowest BCUT2D eigenvalue weighted by Crippen LogP contribution is -2.32. The van der Waals surface area contributed by atoms with E-state index in [4.69, 9.17) is 16.9 Å². The van der Waals surface area contributed by atoms with Gasteiger partial charge in [0.15, 0.2) is 0 Å². The van der Waals surface area contributed by atoms with Crippen LogP contribution in [0.25, 0.3) is 0 Å². The summed E-state index contributed by atoms with van der Waals surface area (Å²) in [6.07, 6.45) is 2.69. The number of nitrogens with one attached hydrogen (secondary N) is 1. The molecule has 1 fully saturated rings. The molecular weight excluding hydrogens is 292 g/mol. The van der Waals surface area contributed by atoms with E-state index >= 15 is 0 Å². The second kappa shape index (κ2) is 6.15. The van der Waals surface area contributed by atoms with Gasteiger partial charge in [-0.2, -0.15) is 5.26 Å². The van der Waals surface area contributed by atoms with E-state index in [0.717, 1.165) is 12.8 Å². The summed E-state index contributed by atoms with van der Waals surface area (Å²) in [6, 6.07) is 6.51. The first-order valence-corrected chi connectivity index (χ1v) is 7.07. The van der Waals surface area contributed by atoms with E-state index in [0.29, 0.717) is 24.1 Å². The maximum Gasteiger partial charge on any atom is 0.310 e. The molecule has 0 unspecified atom stereocenters. The molecule has 1 saturated carbocycles. The third-order valence-corrected chi connectivity index (χ3v) is 4.20. The number of carboxylic acid groups (broad SMARTS) is 1. The van der Waals surface area contributed by atoms with Gasteiger partial charge in [-0.25, -0.2) is 0 Å². The standard InChI is InChI=1S/C15H15ClN2O3/c16-12-7-11(4-3-10(12)9-17)18-13(19)8-15(14(20)21)5-1-2-6-15/h3-4,7H,1-2,5-6,8H2,(H,18,19)(H,20,21). The molecule has 0 aromatic heterocycles. The van der Waals surface area contributed by atoms with E-state index in [-0.39, 0.29) is 17.4 Å². The van der Waals surface area contributed by atoms with Gasteiger partial charge < -0.3 is 10.4 Å². The molecular formula is C15H15ClN2O3. The van der Waals surface area contributed by atoms with Crippen LogP contribution in [0, 0.1) is 16.7 Å². The highest BCUT2D eigenvalue weighted by molar-refractivity contribution is 6.32. The summed E-state index contributed by atoms with van der Waals surface area (Å²) in [6.45, 7) is 0. The Bertz CT molecular complexity index is 616. The predicted molar refractivity (Wildman–Crippen MR) is 78.0 cm³/mol. The number of carbonyl (C=O) groups is 2. The fourth-order valence-electron chi connectivity index (χ4n) is 2.71. The normalized spacial score (nSPS) is 16.2. The average Bonchev–Trinajstić information content (AvgIpc) is 2.88. The quantitative estimate of drug-likeness (QED) is 0.893. The van der Waals surface area contributed by atoms with E-state index in [9.17, 15) is 14.7 Å². The van der Waals surface area contributed by atoms with E-state index in [1.807, 2.05) is 6.07 Å². The third kappa shape index (κ3) is 3.34. The first-order chi connectivity index (χ1) is 9.97. The topological polar surface area (TPSA) is 90.2 Å². The Hall–Kier alpha value is -2.06. The largest absolute Gasteiger partial charge is 0.481 e. The van der Waals surface area contributed by atoms with Crippen molar-refractivity contribution in [3.63, 3.8) is 0 Å². The lowest BCUT2D eigenvalue weighted by Gasteiger charge is -2.22. The van der Waals surface area contributed by atoms with Crippen molar-refractivity contribution in [3.05, 3.63) is 28.8 Å². The number of nitriles is 1. The van der Waals surface area contributed by atoms with Crippen LogP contribution in [0.15, 0.2) is 18.2 Å². The van der Waals surface area contributed by atoms with E-state index in [1.165, 1.54) is 12.1 Å². The Morgan fingerprint density at radius 3 is 2.57 bits per heavy atom. The van der Waals surface area contributed by atoms with Crippen LogP contribution in [0.5, 0.6) is 0 Å². The summed E-state index contributed by atoms with van der Waals surface area (Å²) >= 11 is 5.89. The number of carbonyl (C=O) groups excluding carboxylic acids is 1. The number of carboxylic acids is 1. The Labute approximate surface area is 127 Å². The molecule has 1 aliphatic rings. The van der Waals surface area contributed by atoms with Crippen molar-refractivity contribution >= 4 is 29.2 Å². The van der Waals surface area contributed by atoms with Crippen LogP contribution in [0.3, 0.4) is 0 Å². The van der Waals surface area contributed by atoms with E-state index in [1.54, 1.807) is 6.07 Å². The lowest BCUT2D eigenvalue weighted by molar-refractivity contribution is -0.150. The third-order valence-electron chi connectivity index (χ3n) is 3.89. The van der Waals surface area contributed by atoms with Crippen molar-refractivity contribution in [2.45, 2.75) is 32.1 Å². The van der Waals surface area contributed by atoms with Gasteiger partial charge in [-0.3, -0.25) is 9.59 Å². The number of amides is 1. The number of rotatable bonds is 4. The van der Waals surface area contributed by atoms with Gasteiger partial charge >= 0.3 is 5.97 Å². The Balaban J connectivity index is 2.06. The van der Waals surface area contributed by atoms with E-state index < -0.39 is 11.4 Å². The highest BCUT2D eigenvalue weighted by Gasteiger charge is 2.42. The van der Waals surface area contributed by atoms with Crippen molar-refractivity contribution < 1.29 is 14.7 Å². The van der Waals surface area contributed by atoms with Crippen molar-refractivity contribution in [3.8, 4) is 6.07 Å². The van der Waals surface area contributed by atoms with Crippen LogP contribution in [-0.4, -0.2) is 17.0 Å². The average molecular weight is 307 g/mol. The monoisotopic (exact) mass is 306 g/mol. The maximum atomic E-state index is 12.1. The molecule has 0 heterocycles. The van der Waals surface area contributed by atoms with Gasteiger partial charge in [0.05, 0.1) is 16.0 Å². The molecule has 0 radical (unpaired) electrons. The zero-order valence-corrected chi connectivity index (χ0v) is 12.1. The first kappa shape index (κ1) is 15.3. The Kier molecular flexibility index (Phi) is 4.49. The van der Waals surface area contributed by atoms with Crippen molar-refractivity contribution in [2.24, 2.45) is 5.41 Å². The molecule has 5 nitrogen and oxygen atoms in total. The van der Waals surface area contributed by atoms with Crippen molar-refractivity contribution in [1.29, 1.82) is 5.26 Å². The minimum atomic E-state index is -0.944. The molecule has 2 N–H and O–H groups in total. The molecule has 0 bridgehead atoms. The van der Waals surface area contributed by atoms with E-state index in [2.05, 4.69) is 5.32 Å². The molecule has 0 aliphatic heterocycles. The molecule has 1 aromatic carbocycles. The van der Waals surface area contributed by atoms with Gasteiger partial charge in [0, 0.05) is 12.1 Å². The van der Waals surface area contributed by atoms with Gasteiger partial charge in [0.25, 0.3) is 0 Å². The lowest BCUT2D eigenvalue weighted by atomic mass is 9.82. The smallest absolute Gasteiger partial charge is 0.310 e. The summed E-state index contributed by atoms with van der Waals surface area (Å²) in [5, 5.41) is 21.0. The number of nitrogens with zero attached hydrogens (tertiary/aromatic N) is 1. The second-order valence-corrected chi connectivity index (χ2v) is 5.73. The highest BCUT2D eigenvalue weighted by Crippen LogP contribution is 2.41. The van der Waals surface area contributed by atoms with Crippen LogP contribution in [0.2, 0.25) is 5.02 Å². The number of aliphatic carboxylic acids is 1. The zero-order valence-electron chi connectivity index (χ0n) is 11.4. The molecule has 6 heteroatoms. The van der Waals surface area contributed by atoms with Crippen LogP contribution in [-0.2, 0) is 9.59 Å². The minimum absolute atomic E-state index is 0.0417. The summed E-state index contributed by atoms with van der Waals surface area (Å²) in [5.74, 6) is -1.26. The molecule has 1 aromatic rings. The number of anilines is 1. The van der Waals surface area contributed by atoms with Crippen LogP contribution < -0.4 is 5.32 Å². The number of benzene rings is 1. The minimum Gasteiger partial charge on any atom is -0.481 e. The van der Waals surface area contributed by atoms with Crippen LogP contribution >= 0.6 is 11.6 Å².